The predicted octanol–water partition coefficient (Wildman–Crippen LogP) is 3.00. The van der Waals surface area contributed by atoms with E-state index in [4.69, 9.17) is 0 Å². The zero-order chi connectivity index (χ0) is 20.3. The van der Waals surface area contributed by atoms with Gasteiger partial charge < -0.3 is 15.6 Å². The van der Waals surface area contributed by atoms with Crippen molar-refractivity contribution in [2.75, 3.05) is 13.6 Å². The highest BCUT2D eigenvalue weighted by atomic mass is 19.1. The molecule has 0 saturated heterocycles. The third-order valence-corrected chi connectivity index (χ3v) is 5.19. The van der Waals surface area contributed by atoms with Crippen molar-refractivity contribution in [2.24, 2.45) is 12.0 Å². The molecule has 0 fully saturated rings. The van der Waals surface area contributed by atoms with Gasteiger partial charge in [0, 0.05) is 49.5 Å². The number of nitrogens with one attached hydrogen (secondary N) is 3. The molecule has 0 spiro atoms. The van der Waals surface area contributed by atoms with E-state index >= 15 is 0 Å². The molecule has 0 aliphatic heterocycles. The average Bonchev–Trinajstić information content (AvgIpc) is 3.16. The van der Waals surface area contributed by atoms with Crippen molar-refractivity contribution in [3.8, 4) is 0 Å². The molecule has 28 heavy (non-hydrogen) atoms. The van der Waals surface area contributed by atoms with Crippen LogP contribution in [0.5, 0.6) is 0 Å². The number of nitrogens with zero attached hydrogens (tertiary/aromatic N) is 3. The molecule has 0 amide bonds. The predicted molar refractivity (Wildman–Crippen MR) is 112 cm³/mol. The highest BCUT2D eigenvalue weighted by Gasteiger charge is 2.14. The summed E-state index contributed by atoms with van der Waals surface area (Å²) in [6.45, 7) is 6.99. The lowest BCUT2D eigenvalue weighted by atomic mass is 10.1. The minimum Gasteiger partial charge on any atom is -0.361 e. The maximum absolute atomic E-state index is 13.5. The van der Waals surface area contributed by atoms with E-state index in [9.17, 15) is 4.39 Å². The maximum atomic E-state index is 13.5. The van der Waals surface area contributed by atoms with E-state index in [1.165, 1.54) is 17.3 Å². The molecule has 3 rings (SSSR count). The molecular formula is C21H29FN6. The lowest BCUT2D eigenvalue weighted by molar-refractivity contribution is 0.629. The van der Waals surface area contributed by atoms with E-state index in [0.29, 0.717) is 6.54 Å². The van der Waals surface area contributed by atoms with Gasteiger partial charge in [-0.2, -0.15) is 5.10 Å². The van der Waals surface area contributed by atoms with Crippen LogP contribution in [0.4, 0.5) is 4.39 Å². The third kappa shape index (κ3) is 4.35. The SMILES string of the molecule is CN=C(NCCc1c[nH]c2ccc(F)cc12)NC(C)Cc1c(C)nn(C)c1C. The van der Waals surface area contributed by atoms with Crippen LogP contribution in [0.3, 0.4) is 0 Å². The van der Waals surface area contributed by atoms with E-state index in [1.807, 2.05) is 24.9 Å². The smallest absolute Gasteiger partial charge is 0.191 e. The lowest BCUT2D eigenvalue weighted by Crippen LogP contribution is -2.43. The number of rotatable bonds is 6. The largest absolute Gasteiger partial charge is 0.361 e. The van der Waals surface area contributed by atoms with Gasteiger partial charge in [-0.05, 0) is 62.9 Å². The van der Waals surface area contributed by atoms with Gasteiger partial charge in [-0.3, -0.25) is 9.67 Å². The molecule has 0 aliphatic carbocycles. The Hall–Kier alpha value is -2.83. The van der Waals surface area contributed by atoms with E-state index < -0.39 is 0 Å². The van der Waals surface area contributed by atoms with Crippen molar-refractivity contribution in [1.82, 2.24) is 25.4 Å². The Bertz CT molecular complexity index is 984. The highest BCUT2D eigenvalue weighted by Crippen LogP contribution is 2.19. The number of hydrogen-bond donors (Lipinski definition) is 3. The molecule has 0 radical (unpaired) electrons. The van der Waals surface area contributed by atoms with Gasteiger partial charge in [0.05, 0.1) is 5.69 Å². The number of fused-ring (bicyclic) bond motifs is 1. The Kier molecular flexibility index (Phi) is 6.02. The van der Waals surface area contributed by atoms with Crippen LogP contribution in [0.15, 0.2) is 29.4 Å². The van der Waals surface area contributed by atoms with Crippen molar-refractivity contribution in [2.45, 2.75) is 39.7 Å². The van der Waals surface area contributed by atoms with Crippen LogP contribution in [0.2, 0.25) is 0 Å². The van der Waals surface area contributed by atoms with Crippen LogP contribution < -0.4 is 10.6 Å². The van der Waals surface area contributed by atoms with Crippen LogP contribution in [0.1, 0.15) is 29.4 Å². The summed E-state index contributed by atoms with van der Waals surface area (Å²) in [5.74, 6) is 0.548. The molecule has 0 saturated carbocycles. The topological polar surface area (TPSA) is 70.0 Å². The average molecular weight is 385 g/mol. The molecule has 0 bridgehead atoms. The molecule has 1 aromatic carbocycles. The van der Waals surface area contributed by atoms with Crippen molar-refractivity contribution >= 4 is 16.9 Å². The zero-order valence-corrected chi connectivity index (χ0v) is 17.2. The minimum absolute atomic E-state index is 0.214. The zero-order valence-electron chi connectivity index (χ0n) is 17.2. The summed E-state index contributed by atoms with van der Waals surface area (Å²) in [6, 6.07) is 5.04. The Labute approximate surface area is 165 Å². The summed E-state index contributed by atoms with van der Waals surface area (Å²) in [7, 11) is 3.74. The van der Waals surface area contributed by atoms with Gasteiger partial charge >= 0.3 is 0 Å². The van der Waals surface area contributed by atoms with Crippen molar-refractivity contribution in [3.63, 3.8) is 0 Å². The first-order chi connectivity index (χ1) is 13.4. The Morgan fingerprint density at radius 3 is 2.82 bits per heavy atom. The standard InChI is InChI=1S/C21H29FN6/c1-13(10-18-14(2)27-28(5)15(18)3)26-21(23-4)24-9-8-16-12-25-20-7-6-17(22)11-19(16)20/h6-7,11-13,25H,8-10H2,1-5H3,(H2,23,24,26). The molecule has 0 aliphatic rings. The molecule has 7 heteroatoms. The number of aromatic amines is 1. The van der Waals surface area contributed by atoms with Gasteiger partial charge in [-0.1, -0.05) is 0 Å². The second-order valence-electron chi connectivity index (χ2n) is 7.28. The lowest BCUT2D eigenvalue weighted by Gasteiger charge is -2.18. The number of guanidine groups is 1. The first kappa shape index (κ1) is 19.9. The summed E-state index contributed by atoms with van der Waals surface area (Å²) in [6.07, 6.45) is 3.60. The summed E-state index contributed by atoms with van der Waals surface area (Å²) in [4.78, 5) is 7.51. The van der Waals surface area contributed by atoms with E-state index in [2.05, 4.69) is 39.6 Å². The number of hydrogen-bond acceptors (Lipinski definition) is 2. The van der Waals surface area contributed by atoms with Gasteiger partial charge in [0.15, 0.2) is 5.96 Å². The maximum Gasteiger partial charge on any atom is 0.191 e. The fourth-order valence-electron chi connectivity index (χ4n) is 3.57. The Morgan fingerprint density at radius 2 is 2.14 bits per heavy atom. The molecule has 1 unspecified atom stereocenters. The van der Waals surface area contributed by atoms with Crippen LogP contribution >= 0.6 is 0 Å². The van der Waals surface area contributed by atoms with E-state index in [1.54, 1.807) is 19.2 Å². The van der Waals surface area contributed by atoms with Crippen molar-refractivity contribution < 1.29 is 4.39 Å². The van der Waals surface area contributed by atoms with Crippen LogP contribution in [-0.2, 0) is 19.9 Å². The van der Waals surface area contributed by atoms with Gasteiger partial charge in [0.25, 0.3) is 0 Å². The van der Waals surface area contributed by atoms with Gasteiger partial charge in [0.2, 0.25) is 0 Å². The Balaban J connectivity index is 1.55. The van der Waals surface area contributed by atoms with E-state index in [-0.39, 0.29) is 11.9 Å². The number of aromatic nitrogens is 3. The van der Waals surface area contributed by atoms with Crippen LogP contribution in [0.25, 0.3) is 10.9 Å². The minimum atomic E-state index is -0.214. The molecule has 3 N–H and O–H groups in total. The summed E-state index contributed by atoms with van der Waals surface area (Å²) in [5, 5.41) is 12.2. The highest BCUT2D eigenvalue weighted by molar-refractivity contribution is 5.83. The Morgan fingerprint density at radius 1 is 1.36 bits per heavy atom. The van der Waals surface area contributed by atoms with Gasteiger partial charge in [-0.15, -0.1) is 0 Å². The molecule has 2 aromatic heterocycles. The van der Waals surface area contributed by atoms with Crippen LogP contribution in [0, 0.1) is 19.7 Å². The van der Waals surface area contributed by atoms with Gasteiger partial charge in [0.1, 0.15) is 5.82 Å². The fraction of sp³-hybridized carbons (Fsp3) is 0.429. The number of halogens is 1. The molecule has 150 valence electrons. The first-order valence-corrected chi connectivity index (χ1v) is 9.60. The van der Waals surface area contributed by atoms with Crippen LogP contribution in [-0.4, -0.2) is 40.4 Å². The summed E-state index contributed by atoms with van der Waals surface area (Å²) in [5.41, 5.74) is 5.59. The van der Waals surface area contributed by atoms with Crippen molar-refractivity contribution in [3.05, 3.63) is 52.7 Å². The summed E-state index contributed by atoms with van der Waals surface area (Å²) >= 11 is 0. The number of benzene rings is 1. The number of aliphatic imine (C=N–C) groups is 1. The molecule has 3 aromatic rings. The first-order valence-electron chi connectivity index (χ1n) is 9.60. The van der Waals surface area contributed by atoms with Gasteiger partial charge in [-0.25, -0.2) is 4.39 Å². The summed E-state index contributed by atoms with van der Waals surface area (Å²) < 4.78 is 15.4. The monoisotopic (exact) mass is 384 g/mol. The van der Waals surface area contributed by atoms with Crippen molar-refractivity contribution in [1.29, 1.82) is 0 Å². The molecule has 2 heterocycles. The third-order valence-electron chi connectivity index (χ3n) is 5.19. The quantitative estimate of drug-likeness (QED) is 0.452. The molecule has 6 nitrogen and oxygen atoms in total. The number of aryl methyl sites for hydroxylation is 2. The fourth-order valence-corrected chi connectivity index (χ4v) is 3.57. The molecule has 1 atom stereocenters. The molecular weight excluding hydrogens is 355 g/mol. The second-order valence-corrected chi connectivity index (χ2v) is 7.28. The second kappa shape index (κ2) is 8.46. The van der Waals surface area contributed by atoms with E-state index in [0.717, 1.165) is 41.0 Å². The number of H-pyrrole nitrogens is 1. The normalized spacial score (nSPS) is 13.1.